The second-order valence-electron chi connectivity index (χ2n) is 4.69. The summed E-state index contributed by atoms with van der Waals surface area (Å²) in [5, 5.41) is 13.1. The van der Waals surface area contributed by atoms with E-state index in [1.54, 1.807) is 0 Å². The summed E-state index contributed by atoms with van der Waals surface area (Å²) in [5.41, 5.74) is 1.19. The zero-order valence-corrected chi connectivity index (χ0v) is 12.8. The summed E-state index contributed by atoms with van der Waals surface area (Å²) < 4.78 is 6.45. The molecule has 0 aliphatic carbocycles. The van der Waals surface area contributed by atoms with Gasteiger partial charge in [0.1, 0.15) is 0 Å². The molecule has 1 aromatic rings. The Labute approximate surface area is 118 Å². The molecule has 1 rings (SSSR count). The first-order valence-electron chi connectivity index (χ1n) is 6.28. The Balaban J connectivity index is 2.37. The summed E-state index contributed by atoms with van der Waals surface area (Å²) in [6, 6.07) is 8.28. The monoisotopic (exact) mass is 315 g/mol. The van der Waals surface area contributed by atoms with Crippen molar-refractivity contribution in [3.63, 3.8) is 0 Å². The minimum absolute atomic E-state index is 0.153. The number of aliphatic hydroxyl groups excluding tert-OH is 1. The lowest BCUT2D eigenvalue weighted by molar-refractivity contribution is 0.00560. The summed E-state index contributed by atoms with van der Waals surface area (Å²) in [4.78, 5) is 0. The number of ether oxygens (including phenoxy) is 1. The van der Waals surface area contributed by atoms with Gasteiger partial charge < -0.3 is 15.2 Å². The van der Waals surface area contributed by atoms with Crippen molar-refractivity contribution in [2.45, 2.75) is 39.0 Å². The van der Waals surface area contributed by atoms with Crippen molar-refractivity contribution in [2.75, 3.05) is 13.2 Å². The normalized spacial score (nSPS) is 14.8. The third-order valence-electron chi connectivity index (χ3n) is 2.65. The van der Waals surface area contributed by atoms with E-state index in [2.05, 4.69) is 34.2 Å². The molecular formula is C14H22BrNO2. The molecule has 0 saturated carbocycles. The second-order valence-corrected chi connectivity index (χ2v) is 5.54. The van der Waals surface area contributed by atoms with E-state index in [0.29, 0.717) is 13.2 Å². The molecule has 0 fully saturated rings. The van der Waals surface area contributed by atoms with Crippen molar-refractivity contribution in [3.05, 3.63) is 34.3 Å². The molecule has 0 aliphatic rings. The number of hydrogen-bond donors (Lipinski definition) is 2. The van der Waals surface area contributed by atoms with E-state index < -0.39 is 6.10 Å². The Morgan fingerprint density at radius 3 is 2.56 bits per heavy atom. The molecule has 4 heteroatoms. The van der Waals surface area contributed by atoms with E-state index in [9.17, 15) is 5.11 Å². The summed E-state index contributed by atoms with van der Waals surface area (Å²) in [6.45, 7) is 6.90. The van der Waals surface area contributed by atoms with E-state index in [4.69, 9.17) is 4.74 Å². The Morgan fingerprint density at radius 1 is 1.28 bits per heavy atom. The smallest absolute Gasteiger partial charge is 0.0898 e. The van der Waals surface area contributed by atoms with Crippen molar-refractivity contribution in [1.29, 1.82) is 0 Å². The lowest BCUT2D eigenvalue weighted by atomic mass is 10.1. The molecule has 2 atom stereocenters. The third-order valence-corrected chi connectivity index (χ3v) is 3.38. The highest BCUT2D eigenvalue weighted by Crippen LogP contribution is 2.22. The quantitative estimate of drug-likeness (QED) is 0.813. The molecule has 0 heterocycles. The molecule has 0 spiro atoms. The maximum absolute atomic E-state index is 9.76. The highest BCUT2D eigenvalue weighted by molar-refractivity contribution is 9.10. The Hall–Kier alpha value is -0.420. The zero-order valence-electron chi connectivity index (χ0n) is 11.2. The molecule has 0 amide bonds. The summed E-state index contributed by atoms with van der Waals surface area (Å²) in [7, 11) is 0. The average molecular weight is 316 g/mol. The van der Waals surface area contributed by atoms with Crippen molar-refractivity contribution in [2.24, 2.45) is 0 Å². The zero-order chi connectivity index (χ0) is 13.5. The van der Waals surface area contributed by atoms with Crippen LogP contribution in [0.2, 0.25) is 0 Å². The molecule has 102 valence electrons. The predicted molar refractivity (Wildman–Crippen MR) is 77.7 cm³/mol. The first-order chi connectivity index (χ1) is 8.50. The fourth-order valence-corrected chi connectivity index (χ4v) is 2.24. The minimum atomic E-state index is -0.475. The van der Waals surface area contributed by atoms with E-state index in [1.807, 2.05) is 32.0 Å². The topological polar surface area (TPSA) is 41.5 Å². The van der Waals surface area contributed by atoms with Gasteiger partial charge in [-0.2, -0.15) is 0 Å². The van der Waals surface area contributed by atoms with Crippen LogP contribution < -0.4 is 5.32 Å². The molecule has 0 aromatic heterocycles. The highest BCUT2D eigenvalue weighted by atomic mass is 79.9. The van der Waals surface area contributed by atoms with Gasteiger partial charge in [-0.1, -0.05) is 34.1 Å². The van der Waals surface area contributed by atoms with E-state index in [-0.39, 0.29) is 12.1 Å². The number of halogens is 1. The fourth-order valence-electron chi connectivity index (χ4n) is 1.61. The first-order valence-corrected chi connectivity index (χ1v) is 7.07. The van der Waals surface area contributed by atoms with E-state index >= 15 is 0 Å². The summed E-state index contributed by atoms with van der Waals surface area (Å²) in [6.07, 6.45) is -0.322. The molecule has 0 bridgehead atoms. The minimum Gasteiger partial charge on any atom is -0.389 e. The molecule has 0 saturated heterocycles. The molecule has 2 N–H and O–H groups in total. The second kappa shape index (κ2) is 7.89. The van der Waals surface area contributed by atoms with Crippen LogP contribution in [0.4, 0.5) is 0 Å². The number of hydrogen-bond acceptors (Lipinski definition) is 3. The van der Waals surface area contributed by atoms with Gasteiger partial charge in [0.05, 0.1) is 18.8 Å². The van der Waals surface area contributed by atoms with Crippen LogP contribution in [0, 0.1) is 0 Å². The van der Waals surface area contributed by atoms with Gasteiger partial charge in [-0.3, -0.25) is 0 Å². The van der Waals surface area contributed by atoms with Crippen LogP contribution in [0.5, 0.6) is 0 Å². The molecule has 18 heavy (non-hydrogen) atoms. The van der Waals surface area contributed by atoms with Gasteiger partial charge >= 0.3 is 0 Å². The molecule has 1 aromatic carbocycles. The van der Waals surface area contributed by atoms with Crippen molar-refractivity contribution in [1.82, 2.24) is 5.32 Å². The van der Waals surface area contributed by atoms with Crippen LogP contribution in [0.15, 0.2) is 28.7 Å². The van der Waals surface area contributed by atoms with Crippen LogP contribution >= 0.6 is 15.9 Å². The van der Waals surface area contributed by atoms with Crippen LogP contribution in [0.1, 0.15) is 32.4 Å². The Kier molecular flexibility index (Phi) is 6.86. The van der Waals surface area contributed by atoms with E-state index in [1.165, 1.54) is 5.56 Å². The summed E-state index contributed by atoms with van der Waals surface area (Å²) >= 11 is 3.53. The largest absolute Gasteiger partial charge is 0.389 e. The molecule has 2 unspecified atom stereocenters. The van der Waals surface area contributed by atoms with Gasteiger partial charge in [0.2, 0.25) is 0 Å². The van der Waals surface area contributed by atoms with Crippen molar-refractivity contribution >= 4 is 15.9 Å². The van der Waals surface area contributed by atoms with Gasteiger partial charge in [0, 0.05) is 17.1 Å². The van der Waals surface area contributed by atoms with Crippen LogP contribution in [-0.4, -0.2) is 30.5 Å². The molecule has 0 aliphatic heterocycles. The number of rotatable bonds is 7. The molecule has 0 radical (unpaired) electrons. The van der Waals surface area contributed by atoms with Crippen LogP contribution in [-0.2, 0) is 4.74 Å². The van der Waals surface area contributed by atoms with E-state index in [0.717, 1.165) is 4.47 Å². The Bertz CT molecular complexity index is 357. The fraction of sp³-hybridized carbons (Fsp3) is 0.571. The average Bonchev–Trinajstić information content (AvgIpc) is 2.34. The Morgan fingerprint density at radius 2 is 1.94 bits per heavy atom. The van der Waals surface area contributed by atoms with Gasteiger partial charge in [0.25, 0.3) is 0 Å². The van der Waals surface area contributed by atoms with Gasteiger partial charge in [-0.15, -0.1) is 0 Å². The maximum Gasteiger partial charge on any atom is 0.0898 e. The predicted octanol–water partition coefficient (Wildman–Crippen LogP) is 2.89. The highest BCUT2D eigenvalue weighted by Gasteiger charge is 2.11. The standard InChI is InChI=1S/C14H22BrNO2/c1-10(2)18-9-12(17)8-16-11(3)13-6-4-5-7-14(13)15/h4-7,10-12,16-17H,8-9H2,1-3H3. The lowest BCUT2D eigenvalue weighted by Crippen LogP contribution is -2.33. The summed E-state index contributed by atoms with van der Waals surface area (Å²) in [5.74, 6) is 0. The SMILES string of the molecule is CC(C)OCC(O)CNC(C)c1ccccc1Br. The maximum atomic E-state index is 9.76. The van der Waals surface area contributed by atoms with Crippen LogP contribution in [0.25, 0.3) is 0 Å². The number of benzene rings is 1. The molecule has 3 nitrogen and oxygen atoms in total. The van der Waals surface area contributed by atoms with Gasteiger partial charge in [-0.05, 0) is 32.4 Å². The number of nitrogens with one attached hydrogen (secondary N) is 1. The van der Waals surface area contributed by atoms with Crippen molar-refractivity contribution in [3.8, 4) is 0 Å². The van der Waals surface area contributed by atoms with Gasteiger partial charge in [0.15, 0.2) is 0 Å². The lowest BCUT2D eigenvalue weighted by Gasteiger charge is -2.19. The molecular weight excluding hydrogens is 294 g/mol. The first kappa shape index (κ1) is 15.6. The van der Waals surface area contributed by atoms with Crippen molar-refractivity contribution < 1.29 is 9.84 Å². The number of aliphatic hydroxyl groups is 1. The van der Waals surface area contributed by atoms with Gasteiger partial charge in [-0.25, -0.2) is 0 Å². The third kappa shape index (κ3) is 5.48. The van der Waals surface area contributed by atoms with Crippen LogP contribution in [0.3, 0.4) is 0 Å².